The molecule has 1 aliphatic rings. The van der Waals surface area contributed by atoms with E-state index in [0.29, 0.717) is 11.1 Å². The van der Waals surface area contributed by atoms with Gasteiger partial charge in [-0.2, -0.15) is 4.98 Å². The number of nitrogens with one attached hydrogen (secondary N) is 1. The van der Waals surface area contributed by atoms with Gasteiger partial charge in [0, 0.05) is 5.56 Å². The molecule has 130 valence electrons. The van der Waals surface area contributed by atoms with Crippen molar-refractivity contribution >= 4 is 11.7 Å². The number of hydrogen-bond donors (Lipinski definition) is 2. The Hall–Kier alpha value is -2.84. The minimum atomic E-state index is -0.869. The van der Waals surface area contributed by atoms with Crippen molar-refractivity contribution in [1.29, 1.82) is 0 Å². The van der Waals surface area contributed by atoms with Crippen LogP contribution >= 0.6 is 0 Å². The normalized spacial score (nSPS) is 19.2. The predicted molar refractivity (Wildman–Crippen MR) is 87.7 cm³/mol. The molecule has 8 heteroatoms. The molecule has 0 radical (unpaired) electrons. The lowest BCUT2D eigenvalue weighted by Crippen LogP contribution is -2.30. The van der Waals surface area contributed by atoms with E-state index in [-0.39, 0.29) is 6.61 Å². The van der Waals surface area contributed by atoms with Gasteiger partial charge in [-0.05, 0) is 24.6 Å². The standard InChI is InChI=1S/C17H16FN3O4/c1-10-4-2-3-5-12(10)16(23)19-15-13(18)8-21(17(24)20-15)14-7-6-11(9-22)25-14/h2-8,11,14,22H,9H2,1H3,(H,19,20,23,24)/t11-,14+/m0/s1. The van der Waals surface area contributed by atoms with Crippen LogP contribution < -0.4 is 11.0 Å². The summed E-state index contributed by atoms with van der Waals surface area (Å²) in [7, 11) is 0. The molecule has 3 rings (SSSR count). The summed E-state index contributed by atoms with van der Waals surface area (Å²) in [6.45, 7) is 1.50. The van der Waals surface area contributed by atoms with Gasteiger partial charge >= 0.3 is 5.69 Å². The van der Waals surface area contributed by atoms with E-state index >= 15 is 0 Å². The number of aliphatic hydroxyl groups is 1. The Balaban J connectivity index is 1.84. The Bertz CT molecular complexity index is 894. The highest BCUT2D eigenvalue weighted by atomic mass is 19.1. The quantitative estimate of drug-likeness (QED) is 0.817. The van der Waals surface area contributed by atoms with Crippen molar-refractivity contribution in [3.8, 4) is 0 Å². The molecule has 2 atom stereocenters. The summed E-state index contributed by atoms with van der Waals surface area (Å²) in [6.07, 6.45) is 2.60. The number of ether oxygens (including phenoxy) is 1. The number of benzene rings is 1. The lowest BCUT2D eigenvalue weighted by molar-refractivity contribution is -0.0106. The van der Waals surface area contributed by atoms with E-state index in [2.05, 4.69) is 10.3 Å². The first-order valence-electron chi connectivity index (χ1n) is 7.60. The molecule has 0 saturated carbocycles. The number of halogens is 1. The molecule has 0 unspecified atom stereocenters. The molecule has 25 heavy (non-hydrogen) atoms. The fourth-order valence-electron chi connectivity index (χ4n) is 2.47. The Morgan fingerprint density at radius 3 is 2.84 bits per heavy atom. The number of carbonyl (C=O) groups is 1. The average Bonchev–Trinajstić information content (AvgIpc) is 3.07. The number of hydrogen-bond acceptors (Lipinski definition) is 5. The molecule has 2 N–H and O–H groups in total. The zero-order valence-electron chi connectivity index (χ0n) is 13.3. The third-order valence-corrected chi connectivity index (χ3v) is 3.79. The molecule has 0 bridgehead atoms. The molecule has 1 aliphatic heterocycles. The summed E-state index contributed by atoms with van der Waals surface area (Å²) in [6, 6.07) is 6.81. The maximum Gasteiger partial charge on any atom is 0.352 e. The molecule has 1 aromatic carbocycles. The van der Waals surface area contributed by atoms with Crippen molar-refractivity contribution in [2.75, 3.05) is 11.9 Å². The topological polar surface area (TPSA) is 93.5 Å². The van der Waals surface area contributed by atoms with Crippen LogP contribution in [0.1, 0.15) is 22.1 Å². The minimum absolute atomic E-state index is 0.248. The maximum absolute atomic E-state index is 14.3. The van der Waals surface area contributed by atoms with E-state index in [1.54, 1.807) is 37.3 Å². The van der Waals surface area contributed by atoms with Crippen LogP contribution in [-0.4, -0.2) is 33.3 Å². The molecule has 2 aromatic rings. The second kappa shape index (κ2) is 6.96. The fourth-order valence-corrected chi connectivity index (χ4v) is 2.47. The summed E-state index contributed by atoms with van der Waals surface area (Å²) in [5, 5.41) is 11.3. The van der Waals surface area contributed by atoms with E-state index in [1.165, 1.54) is 6.08 Å². The molecule has 7 nitrogen and oxygen atoms in total. The first kappa shape index (κ1) is 17.0. The monoisotopic (exact) mass is 345 g/mol. The first-order valence-corrected chi connectivity index (χ1v) is 7.60. The van der Waals surface area contributed by atoms with E-state index in [9.17, 15) is 14.0 Å². The van der Waals surface area contributed by atoms with E-state index in [0.717, 1.165) is 10.8 Å². The number of rotatable bonds is 4. The van der Waals surface area contributed by atoms with Crippen molar-refractivity contribution in [2.45, 2.75) is 19.3 Å². The lowest BCUT2D eigenvalue weighted by atomic mass is 10.1. The maximum atomic E-state index is 14.3. The second-order valence-electron chi connectivity index (χ2n) is 5.53. The second-order valence-corrected chi connectivity index (χ2v) is 5.53. The summed E-state index contributed by atoms with van der Waals surface area (Å²) < 4.78 is 20.6. The molecule has 1 aromatic heterocycles. The van der Waals surface area contributed by atoms with Gasteiger partial charge in [0.15, 0.2) is 17.9 Å². The van der Waals surface area contributed by atoms with Crippen molar-refractivity contribution in [2.24, 2.45) is 0 Å². The summed E-state index contributed by atoms with van der Waals surface area (Å²) in [4.78, 5) is 27.9. The highest BCUT2D eigenvalue weighted by Crippen LogP contribution is 2.20. The Morgan fingerprint density at radius 2 is 2.16 bits per heavy atom. The highest BCUT2D eigenvalue weighted by Gasteiger charge is 2.23. The lowest BCUT2D eigenvalue weighted by Gasteiger charge is -2.15. The summed E-state index contributed by atoms with van der Waals surface area (Å²) in [5.74, 6) is -1.87. The van der Waals surface area contributed by atoms with Crippen LogP contribution in [0.25, 0.3) is 0 Å². The van der Waals surface area contributed by atoms with Gasteiger partial charge in [-0.25, -0.2) is 9.18 Å². The Morgan fingerprint density at radius 1 is 1.40 bits per heavy atom. The number of aryl methyl sites for hydroxylation is 1. The molecule has 0 spiro atoms. The molecule has 0 aliphatic carbocycles. The summed E-state index contributed by atoms with van der Waals surface area (Å²) >= 11 is 0. The number of aliphatic hydroxyl groups excluding tert-OH is 1. The van der Waals surface area contributed by atoms with Gasteiger partial charge < -0.3 is 15.2 Å². The van der Waals surface area contributed by atoms with Crippen molar-refractivity contribution in [1.82, 2.24) is 9.55 Å². The number of aromatic nitrogens is 2. The zero-order chi connectivity index (χ0) is 18.0. The van der Waals surface area contributed by atoms with Crippen LogP contribution in [0.4, 0.5) is 10.2 Å². The number of amides is 1. The van der Waals surface area contributed by atoms with Gasteiger partial charge in [0.05, 0.1) is 12.8 Å². The van der Waals surface area contributed by atoms with Crippen LogP contribution in [0.2, 0.25) is 0 Å². The molecule has 1 amide bonds. The average molecular weight is 345 g/mol. The molecular weight excluding hydrogens is 329 g/mol. The summed E-state index contributed by atoms with van der Waals surface area (Å²) in [5.41, 5.74) is 0.295. The van der Waals surface area contributed by atoms with E-state index in [4.69, 9.17) is 9.84 Å². The van der Waals surface area contributed by atoms with E-state index in [1.807, 2.05) is 0 Å². The zero-order valence-corrected chi connectivity index (χ0v) is 13.3. The van der Waals surface area contributed by atoms with Gasteiger partial charge in [0.25, 0.3) is 5.91 Å². The van der Waals surface area contributed by atoms with Crippen LogP contribution in [-0.2, 0) is 4.74 Å². The van der Waals surface area contributed by atoms with Crippen LogP contribution in [0.5, 0.6) is 0 Å². The molecule has 0 saturated heterocycles. The molecule has 2 heterocycles. The van der Waals surface area contributed by atoms with Crippen molar-refractivity contribution in [3.05, 3.63) is 70.0 Å². The number of carbonyl (C=O) groups excluding carboxylic acids is 1. The number of nitrogens with zero attached hydrogens (tertiary/aromatic N) is 2. The van der Waals surface area contributed by atoms with Gasteiger partial charge in [-0.1, -0.05) is 24.3 Å². The third-order valence-electron chi connectivity index (χ3n) is 3.79. The van der Waals surface area contributed by atoms with Crippen LogP contribution in [0.3, 0.4) is 0 Å². The SMILES string of the molecule is Cc1ccccc1C(=O)Nc1nc(=O)n([C@H]2C=C[C@@H](CO)O2)cc1F. The molecule has 0 fully saturated rings. The van der Waals surface area contributed by atoms with Gasteiger partial charge in [-0.3, -0.25) is 9.36 Å². The fraction of sp³-hybridized carbons (Fsp3) is 0.235. The Kier molecular flexibility index (Phi) is 4.73. The van der Waals surface area contributed by atoms with Gasteiger partial charge in [0.1, 0.15) is 6.10 Å². The van der Waals surface area contributed by atoms with E-state index < -0.39 is 35.6 Å². The highest BCUT2D eigenvalue weighted by molar-refractivity contribution is 6.04. The Labute approximate surface area is 142 Å². The van der Waals surface area contributed by atoms with Crippen LogP contribution in [0, 0.1) is 12.7 Å². The van der Waals surface area contributed by atoms with Crippen molar-refractivity contribution < 1.29 is 19.0 Å². The van der Waals surface area contributed by atoms with Crippen molar-refractivity contribution in [3.63, 3.8) is 0 Å². The third kappa shape index (κ3) is 3.49. The van der Waals surface area contributed by atoms with Gasteiger partial charge in [-0.15, -0.1) is 0 Å². The van der Waals surface area contributed by atoms with Gasteiger partial charge in [0.2, 0.25) is 0 Å². The molecular formula is C17H16FN3O4. The largest absolute Gasteiger partial charge is 0.393 e. The first-order chi connectivity index (χ1) is 12.0. The van der Waals surface area contributed by atoms with Crippen LogP contribution in [0.15, 0.2) is 47.4 Å². The smallest absolute Gasteiger partial charge is 0.352 e. The predicted octanol–water partition coefficient (Wildman–Crippen LogP) is 1.39. The number of anilines is 1. The minimum Gasteiger partial charge on any atom is -0.393 e.